The Morgan fingerprint density at radius 1 is 1.50 bits per heavy atom. The number of hydrogen-bond acceptors (Lipinski definition) is 5. The lowest BCUT2D eigenvalue weighted by Crippen LogP contribution is -2.50. The number of rotatable bonds is 3. The van der Waals surface area contributed by atoms with E-state index in [2.05, 4.69) is 0 Å². The normalized spacial score (nSPS) is 27.2. The second-order valence-corrected chi connectivity index (χ2v) is 9.36. The van der Waals surface area contributed by atoms with Gasteiger partial charge in [-0.1, -0.05) is 11.8 Å². The molecule has 1 aliphatic heterocycles. The zero-order chi connectivity index (χ0) is 20.7. The van der Waals surface area contributed by atoms with Crippen LogP contribution in [0.5, 0.6) is 0 Å². The second-order valence-electron chi connectivity index (χ2n) is 8.37. The van der Waals surface area contributed by atoms with E-state index >= 15 is 0 Å². The quantitative estimate of drug-likeness (QED) is 0.727. The third-order valence-corrected chi connectivity index (χ3v) is 6.48. The highest BCUT2D eigenvalue weighted by atomic mass is 32.2. The summed E-state index contributed by atoms with van der Waals surface area (Å²) in [7, 11) is 0. The average Bonchev–Trinajstić information content (AvgIpc) is 2.94. The van der Waals surface area contributed by atoms with Crippen LogP contribution in [0.1, 0.15) is 46.1 Å². The van der Waals surface area contributed by atoms with Crippen molar-refractivity contribution >= 4 is 28.7 Å². The van der Waals surface area contributed by atoms with Gasteiger partial charge in [0.2, 0.25) is 0 Å². The number of benzene rings is 1. The van der Waals surface area contributed by atoms with Crippen molar-refractivity contribution in [1.29, 1.82) is 0 Å². The molecular formula is C20H28FN3O3S. The number of anilines is 1. The molecule has 1 fully saturated rings. The number of aliphatic imine (C=N–C) groups is 1. The molecule has 0 spiro atoms. The Labute approximate surface area is 169 Å². The van der Waals surface area contributed by atoms with Crippen LogP contribution in [0, 0.1) is 11.7 Å². The van der Waals surface area contributed by atoms with Gasteiger partial charge in [-0.15, -0.1) is 0 Å². The smallest absolute Gasteiger partial charge is 0.413 e. The van der Waals surface area contributed by atoms with Crippen LogP contribution in [0.4, 0.5) is 14.9 Å². The summed E-state index contributed by atoms with van der Waals surface area (Å²) in [5.74, 6) is 0.324. The summed E-state index contributed by atoms with van der Waals surface area (Å²) in [6.07, 6.45) is 0.148. The van der Waals surface area contributed by atoms with Crippen molar-refractivity contribution in [2.75, 3.05) is 18.1 Å². The fourth-order valence-electron chi connectivity index (χ4n) is 4.23. The van der Waals surface area contributed by atoms with Crippen LogP contribution in [0.15, 0.2) is 23.2 Å². The van der Waals surface area contributed by atoms with Crippen LogP contribution in [-0.4, -0.2) is 45.3 Å². The first-order valence-corrected chi connectivity index (χ1v) is 10.5. The Bertz CT molecular complexity index is 795. The lowest BCUT2D eigenvalue weighted by molar-refractivity contribution is 0.0629. The lowest BCUT2D eigenvalue weighted by Gasteiger charge is -2.41. The van der Waals surface area contributed by atoms with E-state index in [4.69, 9.17) is 15.5 Å². The molecule has 2 aliphatic rings. The number of carboxylic acid groups (broad SMARTS) is 1. The number of fused-ring (bicyclic) bond motifs is 1. The minimum Gasteiger partial charge on any atom is -0.465 e. The van der Waals surface area contributed by atoms with Crippen molar-refractivity contribution in [3.8, 4) is 0 Å². The molecular weight excluding hydrogens is 381 g/mol. The first-order chi connectivity index (χ1) is 13.1. The highest BCUT2D eigenvalue weighted by molar-refractivity contribution is 8.13. The summed E-state index contributed by atoms with van der Waals surface area (Å²) in [5, 5.41) is 10.2. The van der Waals surface area contributed by atoms with Crippen LogP contribution in [0.3, 0.4) is 0 Å². The molecule has 1 aromatic rings. The molecule has 1 amide bonds. The van der Waals surface area contributed by atoms with Gasteiger partial charge in [-0.05, 0) is 52.3 Å². The van der Waals surface area contributed by atoms with Gasteiger partial charge in [0.15, 0.2) is 5.17 Å². The van der Waals surface area contributed by atoms with Crippen molar-refractivity contribution < 1.29 is 19.0 Å². The number of nitrogen functional groups attached to an aromatic ring is 1. The van der Waals surface area contributed by atoms with Gasteiger partial charge in [-0.25, -0.2) is 14.2 Å². The van der Waals surface area contributed by atoms with Crippen molar-refractivity contribution in [1.82, 2.24) is 4.90 Å². The SMILES string of the molecule is CCOC1CC2CSC(N(C(=O)O)C(C)(C)C)=NC2(c2cc(N)ccc2F)C1. The molecule has 3 atom stereocenters. The van der Waals surface area contributed by atoms with E-state index in [-0.39, 0.29) is 17.8 Å². The summed E-state index contributed by atoms with van der Waals surface area (Å²) in [4.78, 5) is 18.2. The number of thioether (sulfide) groups is 1. The van der Waals surface area contributed by atoms with Gasteiger partial charge in [0.1, 0.15) is 5.82 Å². The molecule has 3 N–H and O–H groups in total. The standard InChI is InChI=1S/C20H28FN3O3S/c1-5-27-14-8-12-11-28-17(24(18(25)26)19(2,3)4)23-20(12,10-14)15-9-13(22)6-7-16(15)21/h6-7,9,12,14H,5,8,10-11,22H2,1-4H3,(H,25,26). The number of amides is 1. The average molecular weight is 410 g/mol. The highest BCUT2D eigenvalue weighted by Crippen LogP contribution is 2.53. The molecule has 3 unspecified atom stereocenters. The molecule has 0 saturated heterocycles. The maximum absolute atomic E-state index is 14.9. The first-order valence-electron chi connectivity index (χ1n) is 9.51. The van der Waals surface area contributed by atoms with E-state index in [1.54, 1.807) is 6.07 Å². The van der Waals surface area contributed by atoms with Crippen LogP contribution in [-0.2, 0) is 10.3 Å². The molecule has 8 heteroatoms. The van der Waals surface area contributed by atoms with Crippen molar-refractivity contribution in [2.24, 2.45) is 10.9 Å². The molecule has 3 rings (SSSR count). The molecule has 1 aromatic carbocycles. The molecule has 28 heavy (non-hydrogen) atoms. The molecule has 1 saturated carbocycles. The topological polar surface area (TPSA) is 88.1 Å². The summed E-state index contributed by atoms with van der Waals surface area (Å²) in [5.41, 5.74) is 5.31. The van der Waals surface area contributed by atoms with Gasteiger partial charge in [-0.3, -0.25) is 4.90 Å². The zero-order valence-corrected chi connectivity index (χ0v) is 17.6. The first kappa shape index (κ1) is 20.9. The van der Waals surface area contributed by atoms with E-state index in [1.165, 1.54) is 28.8 Å². The maximum Gasteiger partial charge on any atom is 0.413 e. The van der Waals surface area contributed by atoms with Crippen LogP contribution >= 0.6 is 11.8 Å². The molecule has 0 aromatic heterocycles. The van der Waals surface area contributed by atoms with E-state index < -0.39 is 17.2 Å². The Morgan fingerprint density at radius 2 is 2.21 bits per heavy atom. The zero-order valence-electron chi connectivity index (χ0n) is 16.7. The predicted molar refractivity (Wildman–Crippen MR) is 110 cm³/mol. The van der Waals surface area contributed by atoms with Crippen LogP contribution in [0.25, 0.3) is 0 Å². The Morgan fingerprint density at radius 3 is 2.82 bits per heavy atom. The van der Waals surface area contributed by atoms with Crippen LogP contribution < -0.4 is 5.73 Å². The number of nitrogens with zero attached hydrogens (tertiary/aromatic N) is 2. The predicted octanol–water partition coefficient (Wildman–Crippen LogP) is 4.30. The van der Waals surface area contributed by atoms with Crippen molar-refractivity contribution in [2.45, 2.75) is 57.7 Å². The summed E-state index contributed by atoms with van der Waals surface area (Å²) >= 11 is 1.41. The third-order valence-electron chi connectivity index (χ3n) is 5.38. The Kier molecular flexibility index (Phi) is 5.64. The number of hydrogen-bond donors (Lipinski definition) is 2. The van der Waals surface area contributed by atoms with Crippen molar-refractivity contribution in [3.63, 3.8) is 0 Å². The Hall–Kier alpha value is -1.80. The van der Waals surface area contributed by atoms with Gasteiger partial charge < -0.3 is 15.6 Å². The van der Waals surface area contributed by atoms with Gasteiger partial charge >= 0.3 is 6.09 Å². The number of carbonyl (C=O) groups is 1. The largest absolute Gasteiger partial charge is 0.465 e. The van der Waals surface area contributed by atoms with E-state index in [0.717, 1.165) is 6.42 Å². The minimum absolute atomic E-state index is 0.0460. The fraction of sp³-hybridized carbons (Fsp3) is 0.600. The third kappa shape index (κ3) is 3.72. The monoisotopic (exact) mass is 409 g/mol. The van der Waals surface area contributed by atoms with Gasteiger partial charge in [-0.2, -0.15) is 0 Å². The number of ether oxygens (including phenoxy) is 1. The fourth-order valence-corrected chi connectivity index (χ4v) is 5.70. The summed E-state index contributed by atoms with van der Waals surface area (Å²) in [6, 6.07) is 4.52. The number of amidine groups is 1. The molecule has 1 aliphatic carbocycles. The molecule has 6 nitrogen and oxygen atoms in total. The number of halogens is 1. The summed E-state index contributed by atoms with van der Waals surface area (Å²) in [6.45, 7) is 7.97. The Balaban J connectivity index is 2.16. The molecule has 0 bridgehead atoms. The maximum atomic E-state index is 14.9. The number of nitrogens with two attached hydrogens (primary N) is 1. The molecule has 0 radical (unpaired) electrons. The highest BCUT2D eigenvalue weighted by Gasteiger charge is 2.53. The van der Waals surface area contributed by atoms with Crippen molar-refractivity contribution in [3.05, 3.63) is 29.6 Å². The summed E-state index contributed by atoms with van der Waals surface area (Å²) < 4.78 is 20.8. The van der Waals surface area contributed by atoms with E-state index in [0.29, 0.717) is 35.2 Å². The van der Waals surface area contributed by atoms with E-state index in [1.807, 2.05) is 27.7 Å². The van der Waals surface area contributed by atoms with E-state index in [9.17, 15) is 14.3 Å². The van der Waals surface area contributed by atoms with Gasteiger partial charge in [0.05, 0.1) is 11.6 Å². The lowest BCUT2D eigenvalue weighted by atomic mass is 9.81. The second kappa shape index (κ2) is 7.55. The van der Waals surface area contributed by atoms with Gasteiger partial charge in [0, 0.05) is 41.5 Å². The van der Waals surface area contributed by atoms with Gasteiger partial charge in [0.25, 0.3) is 0 Å². The minimum atomic E-state index is -1.07. The molecule has 154 valence electrons. The molecule has 1 heterocycles. The van der Waals surface area contributed by atoms with Crippen LogP contribution in [0.2, 0.25) is 0 Å².